The van der Waals surface area contributed by atoms with E-state index >= 15 is 0 Å². The van der Waals surface area contributed by atoms with E-state index in [2.05, 4.69) is 10.6 Å². The fraction of sp³-hybridized carbons (Fsp3) is 0.125. The van der Waals surface area contributed by atoms with E-state index in [-0.39, 0.29) is 18.0 Å². The SMILES string of the molecule is Cc1cccc(C(=O)Nc2ccccc2C(=O)OCC(=O)NCc2ccc(Cl)cc2)c1. The number of carbonyl (C=O) groups is 3. The number of nitrogens with one attached hydrogen (secondary N) is 2. The van der Waals surface area contributed by atoms with Gasteiger partial charge in [-0.2, -0.15) is 0 Å². The Morgan fingerprint density at radius 3 is 2.42 bits per heavy atom. The maximum absolute atomic E-state index is 12.5. The summed E-state index contributed by atoms with van der Waals surface area (Å²) in [4.78, 5) is 37.0. The van der Waals surface area contributed by atoms with Crippen LogP contribution in [0.2, 0.25) is 5.02 Å². The summed E-state index contributed by atoms with van der Waals surface area (Å²) < 4.78 is 5.12. The highest BCUT2D eigenvalue weighted by Gasteiger charge is 2.16. The van der Waals surface area contributed by atoms with Crippen molar-refractivity contribution in [3.8, 4) is 0 Å². The van der Waals surface area contributed by atoms with Crippen LogP contribution in [-0.2, 0) is 16.1 Å². The highest BCUT2D eigenvalue weighted by molar-refractivity contribution is 6.30. The number of ether oxygens (including phenoxy) is 1. The monoisotopic (exact) mass is 436 g/mol. The number of para-hydroxylation sites is 1. The lowest BCUT2D eigenvalue weighted by atomic mass is 10.1. The molecule has 3 rings (SSSR count). The average molecular weight is 437 g/mol. The van der Waals surface area contributed by atoms with E-state index in [4.69, 9.17) is 16.3 Å². The van der Waals surface area contributed by atoms with Crippen molar-refractivity contribution in [1.29, 1.82) is 0 Å². The number of carbonyl (C=O) groups excluding carboxylic acids is 3. The molecule has 0 aliphatic rings. The third-order valence-electron chi connectivity index (χ3n) is 4.41. The quantitative estimate of drug-likeness (QED) is 0.538. The van der Waals surface area contributed by atoms with E-state index < -0.39 is 18.5 Å². The Morgan fingerprint density at radius 2 is 1.68 bits per heavy atom. The molecule has 158 valence electrons. The maximum Gasteiger partial charge on any atom is 0.340 e. The molecule has 31 heavy (non-hydrogen) atoms. The molecular formula is C24H21ClN2O4. The van der Waals surface area contributed by atoms with Crippen molar-refractivity contribution >= 4 is 35.1 Å². The van der Waals surface area contributed by atoms with Gasteiger partial charge in [0, 0.05) is 17.1 Å². The van der Waals surface area contributed by atoms with Crippen LogP contribution in [0.25, 0.3) is 0 Å². The van der Waals surface area contributed by atoms with Gasteiger partial charge in [-0.05, 0) is 48.9 Å². The van der Waals surface area contributed by atoms with Gasteiger partial charge in [0.2, 0.25) is 0 Å². The molecule has 0 saturated heterocycles. The van der Waals surface area contributed by atoms with Crippen LogP contribution in [0.1, 0.15) is 31.8 Å². The first kappa shape index (κ1) is 22.1. The summed E-state index contributed by atoms with van der Waals surface area (Å²) in [6, 6.07) is 20.6. The minimum absolute atomic E-state index is 0.161. The predicted molar refractivity (Wildman–Crippen MR) is 119 cm³/mol. The number of benzene rings is 3. The molecule has 6 nitrogen and oxygen atoms in total. The van der Waals surface area contributed by atoms with Crippen molar-refractivity contribution in [3.63, 3.8) is 0 Å². The Labute approximate surface area is 185 Å². The highest BCUT2D eigenvalue weighted by atomic mass is 35.5. The summed E-state index contributed by atoms with van der Waals surface area (Å²) in [5.74, 6) is -1.49. The van der Waals surface area contributed by atoms with Gasteiger partial charge in [0.15, 0.2) is 6.61 Å². The van der Waals surface area contributed by atoms with Crippen LogP contribution >= 0.6 is 11.6 Å². The summed E-state index contributed by atoms with van der Waals surface area (Å²) in [6.07, 6.45) is 0. The third kappa shape index (κ3) is 6.42. The zero-order chi connectivity index (χ0) is 22.2. The topological polar surface area (TPSA) is 84.5 Å². The molecule has 3 aromatic rings. The van der Waals surface area contributed by atoms with Gasteiger partial charge >= 0.3 is 5.97 Å². The van der Waals surface area contributed by atoms with Crippen LogP contribution in [0, 0.1) is 6.92 Å². The Kier molecular flexibility index (Phi) is 7.40. The summed E-state index contributed by atoms with van der Waals surface area (Å²) in [7, 11) is 0. The van der Waals surface area contributed by atoms with Gasteiger partial charge in [0.1, 0.15) is 0 Å². The van der Waals surface area contributed by atoms with E-state index in [1.165, 1.54) is 6.07 Å². The van der Waals surface area contributed by atoms with Crippen molar-refractivity contribution in [2.45, 2.75) is 13.5 Å². The normalized spacial score (nSPS) is 10.3. The molecule has 3 aromatic carbocycles. The average Bonchev–Trinajstić information content (AvgIpc) is 2.77. The van der Waals surface area contributed by atoms with Gasteiger partial charge in [-0.25, -0.2) is 4.79 Å². The fourth-order valence-corrected chi connectivity index (χ4v) is 2.94. The smallest absolute Gasteiger partial charge is 0.340 e. The minimum atomic E-state index is -0.707. The lowest BCUT2D eigenvalue weighted by molar-refractivity contribution is -0.124. The van der Waals surface area contributed by atoms with Crippen molar-refractivity contribution in [1.82, 2.24) is 5.32 Å². The molecule has 0 heterocycles. The molecule has 0 unspecified atom stereocenters. The third-order valence-corrected chi connectivity index (χ3v) is 4.66. The van der Waals surface area contributed by atoms with Crippen molar-refractivity contribution in [2.24, 2.45) is 0 Å². The Hall–Kier alpha value is -3.64. The summed E-state index contributed by atoms with van der Waals surface area (Å²) >= 11 is 5.83. The van der Waals surface area contributed by atoms with Gasteiger partial charge in [0.25, 0.3) is 11.8 Å². The van der Waals surface area contributed by atoms with E-state index in [0.29, 0.717) is 16.3 Å². The van der Waals surface area contributed by atoms with Gasteiger partial charge in [-0.3, -0.25) is 9.59 Å². The standard InChI is InChI=1S/C24H21ClN2O4/c1-16-5-4-6-18(13-16)23(29)27-21-8-3-2-7-20(21)24(30)31-15-22(28)26-14-17-9-11-19(25)12-10-17/h2-13H,14-15H2,1H3,(H,26,28)(H,27,29). The van der Waals surface area contributed by atoms with Crippen LogP contribution in [0.5, 0.6) is 0 Å². The zero-order valence-electron chi connectivity index (χ0n) is 16.9. The first-order chi connectivity index (χ1) is 14.9. The molecular weight excluding hydrogens is 416 g/mol. The van der Waals surface area contributed by atoms with Crippen LogP contribution in [0.3, 0.4) is 0 Å². The van der Waals surface area contributed by atoms with E-state index in [1.54, 1.807) is 60.7 Å². The first-order valence-corrected chi connectivity index (χ1v) is 9.95. The minimum Gasteiger partial charge on any atom is -0.452 e. The van der Waals surface area contributed by atoms with Crippen molar-refractivity contribution in [3.05, 3.63) is 100 Å². The fourth-order valence-electron chi connectivity index (χ4n) is 2.81. The first-order valence-electron chi connectivity index (χ1n) is 9.57. The van der Waals surface area contributed by atoms with E-state index in [1.807, 2.05) is 13.0 Å². The number of aryl methyl sites for hydroxylation is 1. The number of anilines is 1. The maximum atomic E-state index is 12.5. The van der Waals surface area contributed by atoms with Crippen molar-refractivity contribution < 1.29 is 19.1 Å². The number of hydrogen-bond donors (Lipinski definition) is 2. The Morgan fingerprint density at radius 1 is 0.935 bits per heavy atom. The summed E-state index contributed by atoms with van der Waals surface area (Å²) in [5.41, 5.74) is 2.76. The zero-order valence-corrected chi connectivity index (χ0v) is 17.6. The number of amides is 2. The molecule has 0 radical (unpaired) electrons. The van der Waals surface area contributed by atoms with Gasteiger partial charge in [-0.15, -0.1) is 0 Å². The van der Waals surface area contributed by atoms with Crippen LogP contribution in [0.15, 0.2) is 72.8 Å². The van der Waals surface area contributed by atoms with Gasteiger partial charge in [0.05, 0.1) is 11.3 Å². The molecule has 0 aromatic heterocycles. The molecule has 0 aliphatic carbocycles. The summed E-state index contributed by atoms with van der Waals surface area (Å²) in [6.45, 7) is 1.74. The molecule has 0 aliphatic heterocycles. The van der Waals surface area contributed by atoms with Crippen LogP contribution < -0.4 is 10.6 Å². The lowest BCUT2D eigenvalue weighted by Gasteiger charge is -2.11. The van der Waals surface area contributed by atoms with E-state index in [0.717, 1.165) is 11.1 Å². The van der Waals surface area contributed by atoms with Crippen LogP contribution in [0.4, 0.5) is 5.69 Å². The van der Waals surface area contributed by atoms with Crippen LogP contribution in [-0.4, -0.2) is 24.4 Å². The van der Waals surface area contributed by atoms with Crippen molar-refractivity contribution in [2.75, 3.05) is 11.9 Å². The Bertz CT molecular complexity index is 1100. The highest BCUT2D eigenvalue weighted by Crippen LogP contribution is 2.18. The molecule has 0 bridgehead atoms. The van der Waals surface area contributed by atoms with Gasteiger partial charge in [-0.1, -0.05) is 53.6 Å². The molecule has 7 heteroatoms. The molecule has 2 amide bonds. The van der Waals surface area contributed by atoms with Gasteiger partial charge < -0.3 is 15.4 Å². The predicted octanol–water partition coefficient (Wildman–Crippen LogP) is 4.37. The van der Waals surface area contributed by atoms with E-state index in [9.17, 15) is 14.4 Å². The lowest BCUT2D eigenvalue weighted by Crippen LogP contribution is -2.28. The summed E-state index contributed by atoms with van der Waals surface area (Å²) in [5, 5.41) is 6.00. The number of esters is 1. The molecule has 0 fully saturated rings. The Balaban J connectivity index is 1.57. The molecule has 2 N–H and O–H groups in total. The second-order valence-corrected chi connectivity index (χ2v) is 7.28. The second kappa shape index (κ2) is 10.4. The molecule has 0 saturated carbocycles. The number of halogens is 1. The molecule has 0 spiro atoms. The number of hydrogen-bond acceptors (Lipinski definition) is 4. The number of rotatable bonds is 7. The molecule has 0 atom stereocenters. The largest absolute Gasteiger partial charge is 0.452 e. The second-order valence-electron chi connectivity index (χ2n) is 6.85.